The average Bonchev–Trinajstić information content (AvgIpc) is 3.06. The summed E-state index contributed by atoms with van der Waals surface area (Å²) in [5, 5.41) is 9.37. The van der Waals surface area contributed by atoms with Gasteiger partial charge in [-0.25, -0.2) is 4.39 Å². The molecule has 1 aliphatic rings. The molecule has 5 nitrogen and oxygen atoms in total. The van der Waals surface area contributed by atoms with E-state index < -0.39 is 17.6 Å². The van der Waals surface area contributed by atoms with E-state index in [0.717, 1.165) is 25.9 Å². The highest BCUT2D eigenvalue weighted by Gasteiger charge is 2.24. The number of likely N-dealkylation sites (tertiary alicyclic amines) is 1. The molecule has 1 atom stereocenters. The van der Waals surface area contributed by atoms with Crippen LogP contribution in [-0.4, -0.2) is 36.3 Å². The Balaban J connectivity index is 1.59. The van der Waals surface area contributed by atoms with Gasteiger partial charge in [-0.15, -0.1) is 0 Å². The third kappa shape index (κ3) is 5.61. The van der Waals surface area contributed by atoms with E-state index in [9.17, 15) is 14.0 Å². The van der Waals surface area contributed by atoms with Crippen molar-refractivity contribution in [3.8, 4) is 0 Å². The first kappa shape index (κ1) is 19.5. The van der Waals surface area contributed by atoms with Crippen LogP contribution in [0.5, 0.6) is 0 Å². The van der Waals surface area contributed by atoms with Gasteiger partial charge >= 0.3 is 11.8 Å². The Hall–Kier alpha value is -2.25. The summed E-state index contributed by atoms with van der Waals surface area (Å²) in [7, 11) is 0. The van der Waals surface area contributed by atoms with E-state index in [2.05, 4.69) is 27.0 Å². The van der Waals surface area contributed by atoms with Crippen molar-refractivity contribution >= 4 is 28.8 Å². The van der Waals surface area contributed by atoms with Crippen molar-refractivity contribution < 1.29 is 14.0 Å². The molecule has 2 aromatic rings. The number of anilines is 1. The van der Waals surface area contributed by atoms with E-state index >= 15 is 0 Å². The number of hydrogen-bond acceptors (Lipinski definition) is 4. The number of carbonyl (C=O) groups excluding carboxylic acids is 2. The van der Waals surface area contributed by atoms with Gasteiger partial charge in [-0.2, -0.15) is 11.3 Å². The molecule has 1 aromatic heterocycles. The lowest BCUT2D eigenvalue weighted by Gasteiger charge is -2.30. The van der Waals surface area contributed by atoms with Crippen molar-refractivity contribution in [3.05, 3.63) is 52.5 Å². The molecular weight excluding hydrogens is 365 g/mol. The van der Waals surface area contributed by atoms with Gasteiger partial charge < -0.3 is 10.6 Å². The molecule has 7 heteroatoms. The van der Waals surface area contributed by atoms with Crippen molar-refractivity contribution in [2.75, 3.05) is 25.0 Å². The highest BCUT2D eigenvalue weighted by molar-refractivity contribution is 7.08. The van der Waals surface area contributed by atoms with Gasteiger partial charge in [0.15, 0.2) is 0 Å². The van der Waals surface area contributed by atoms with Crippen molar-refractivity contribution in [3.63, 3.8) is 0 Å². The first-order valence-electron chi connectivity index (χ1n) is 9.24. The molecule has 0 radical (unpaired) electrons. The van der Waals surface area contributed by atoms with E-state index in [4.69, 9.17) is 0 Å². The first-order valence-corrected chi connectivity index (χ1v) is 10.2. The molecule has 2 amide bonds. The van der Waals surface area contributed by atoms with Crippen molar-refractivity contribution in [1.82, 2.24) is 10.2 Å². The monoisotopic (exact) mass is 389 g/mol. The van der Waals surface area contributed by atoms with Crippen LogP contribution in [0.4, 0.5) is 10.1 Å². The fraction of sp³-hybridized carbons (Fsp3) is 0.400. The molecule has 3 rings (SSSR count). The Bertz CT molecular complexity index is 741. The summed E-state index contributed by atoms with van der Waals surface area (Å²) >= 11 is 1.63. The molecule has 0 unspecified atom stereocenters. The highest BCUT2D eigenvalue weighted by atomic mass is 32.1. The minimum atomic E-state index is -0.749. The molecule has 1 fully saturated rings. The summed E-state index contributed by atoms with van der Waals surface area (Å²) in [6.07, 6.45) is 4.78. The molecule has 27 heavy (non-hydrogen) atoms. The Kier molecular flexibility index (Phi) is 6.95. The second-order valence-corrected chi connectivity index (χ2v) is 7.47. The number of amides is 2. The van der Waals surface area contributed by atoms with Crippen LogP contribution in [0.3, 0.4) is 0 Å². The molecule has 2 heterocycles. The van der Waals surface area contributed by atoms with Gasteiger partial charge in [-0.1, -0.05) is 12.8 Å². The maximum atomic E-state index is 12.9. The van der Waals surface area contributed by atoms with Crippen LogP contribution in [0.1, 0.15) is 37.3 Å². The van der Waals surface area contributed by atoms with Crippen molar-refractivity contribution in [2.45, 2.75) is 31.7 Å². The van der Waals surface area contributed by atoms with Gasteiger partial charge in [0.25, 0.3) is 0 Å². The minimum absolute atomic E-state index is 0.0666. The zero-order chi connectivity index (χ0) is 19.1. The fourth-order valence-corrected chi connectivity index (χ4v) is 4.03. The average molecular weight is 389 g/mol. The summed E-state index contributed by atoms with van der Waals surface area (Å²) in [6, 6.07) is 7.46. The molecule has 0 bridgehead atoms. The third-order valence-corrected chi connectivity index (χ3v) is 5.48. The standard InChI is InChI=1S/C20H24FN3O2S/c21-16-5-7-17(8-6-16)23-20(26)19(25)22-13-18(15-9-12-27-14-15)24-10-3-1-2-4-11-24/h5-9,12,14,18H,1-4,10-11,13H2,(H,22,25)(H,23,26)/t18-/m0/s1. The van der Waals surface area contributed by atoms with Crippen LogP contribution < -0.4 is 10.6 Å². The summed E-state index contributed by atoms with van der Waals surface area (Å²) in [6.45, 7) is 2.38. The predicted molar refractivity (Wildman–Crippen MR) is 105 cm³/mol. The van der Waals surface area contributed by atoms with Crippen LogP contribution in [0.25, 0.3) is 0 Å². The zero-order valence-electron chi connectivity index (χ0n) is 15.1. The summed E-state index contributed by atoms with van der Waals surface area (Å²) in [4.78, 5) is 26.7. The van der Waals surface area contributed by atoms with Gasteiger partial charge in [0.2, 0.25) is 0 Å². The molecular formula is C20H24FN3O2S. The molecule has 1 aliphatic heterocycles. The summed E-state index contributed by atoms with van der Waals surface area (Å²) < 4.78 is 12.9. The molecule has 1 aromatic carbocycles. The molecule has 0 spiro atoms. The van der Waals surface area contributed by atoms with E-state index in [1.807, 2.05) is 5.38 Å². The lowest BCUT2D eigenvalue weighted by Crippen LogP contribution is -2.42. The number of halogens is 1. The van der Waals surface area contributed by atoms with Gasteiger partial charge in [-0.05, 0) is 72.6 Å². The number of benzene rings is 1. The van der Waals surface area contributed by atoms with Crippen molar-refractivity contribution in [2.24, 2.45) is 0 Å². The van der Waals surface area contributed by atoms with Gasteiger partial charge in [-0.3, -0.25) is 14.5 Å². The van der Waals surface area contributed by atoms with Gasteiger partial charge in [0, 0.05) is 12.2 Å². The second-order valence-electron chi connectivity index (χ2n) is 6.69. The minimum Gasteiger partial charge on any atom is -0.346 e. The normalized spacial score (nSPS) is 16.3. The Morgan fingerprint density at radius 2 is 1.74 bits per heavy atom. The topological polar surface area (TPSA) is 61.4 Å². The Labute approximate surface area is 162 Å². The largest absolute Gasteiger partial charge is 0.346 e. The summed E-state index contributed by atoms with van der Waals surface area (Å²) in [5.74, 6) is -1.83. The van der Waals surface area contributed by atoms with Crippen molar-refractivity contribution in [1.29, 1.82) is 0 Å². The quantitative estimate of drug-likeness (QED) is 0.769. The molecule has 0 aliphatic carbocycles. The highest BCUT2D eigenvalue weighted by Crippen LogP contribution is 2.25. The Morgan fingerprint density at radius 1 is 1.04 bits per heavy atom. The van der Waals surface area contributed by atoms with Crippen LogP contribution in [0.2, 0.25) is 0 Å². The van der Waals surface area contributed by atoms with Gasteiger partial charge in [0.1, 0.15) is 5.82 Å². The maximum Gasteiger partial charge on any atom is 0.313 e. The zero-order valence-corrected chi connectivity index (χ0v) is 15.9. The smallest absolute Gasteiger partial charge is 0.313 e. The van der Waals surface area contributed by atoms with Crippen LogP contribution in [0.15, 0.2) is 41.1 Å². The number of thiophene rings is 1. The molecule has 0 saturated carbocycles. The molecule has 144 valence electrons. The van der Waals surface area contributed by atoms with Crippen LogP contribution in [0, 0.1) is 5.82 Å². The van der Waals surface area contributed by atoms with Crippen LogP contribution in [-0.2, 0) is 9.59 Å². The van der Waals surface area contributed by atoms with E-state index in [-0.39, 0.29) is 6.04 Å². The summed E-state index contributed by atoms with van der Waals surface area (Å²) in [5.41, 5.74) is 1.56. The SMILES string of the molecule is O=C(NC[C@@H](c1ccsc1)N1CCCCCC1)C(=O)Nc1ccc(F)cc1. The lowest BCUT2D eigenvalue weighted by atomic mass is 10.1. The number of hydrogen-bond donors (Lipinski definition) is 2. The van der Waals surface area contributed by atoms with E-state index in [1.54, 1.807) is 11.3 Å². The number of rotatable bonds is 5. The van der Waals surface area contributed by atoms with Crippen LogP contribution >= 0.6 is 11.3 Å². The Morgan fingerprint density at radius 3 is 2.37 bits per heavy atom. The second kappa shape index (κ2) is 9.62. The number of nitrogens with one attached hydrogen (secondary N) is 2. The maximum absolute atomic E-state index is 12.9. The van der Waals surface area contributed by atoms with Gasteiger partial charge in [0.05, 0.1) is 6.04 Å². The third-order valence-electron chi connectivity index (χ3n) is 4.77. The van der Waals surface area contributed by atoms with E-state index in [1.165, 1.54) is 42.7 Å². The van der Waals surface area contributed by atoms with E-state index in [0.29, 0.717) is 12.2 Å². The first-order chi connectivity index (χ1) is 13.1. The molecule has 1 saturated heterocycles. The number of carbonyl (C=O) groups is 2. The predicted octanol–water partition coefficient (Wildman–Crippen LogP) is 3.56. The number of nitrogens with zero attached hydrogens (tertiary/aromatic N) is 1. The molecule has 2 N–H and O–H groups in total. The fourth-order valence-electron chi connectivity index (χ4n) is 3.32. The lowest BCUT2D eigenvalue weighted by molar-refractivity contribution is -0.136.